The molecule has 0 aliphatic heterocycles. The molecular weight excluding hydrogens is 316 g/mol. The maximum Gasteiger partial charge on any atom is 0.125 e. The molecule has 0 aliphatic rings. The smallest absolute Gasteiger partial charge is 0.125 e. The molecule has 5 heteroatoms. The number of nitriles is 1. The van der Waals surface area contributed by atoms with Crippen molar-refractivity contribution >= 4 is 11.3 Å². The van der Waals surface area contributed by atoms with Crippen LogP contribution < -0.4 is 5.32 Å². The van der Waals surface area contributed by atoms with Crippen LogP contribution in [0.4, 0.5) is 0 Å². The van der Waals surface area contributed by atoms with Gasteiger partial charge in [0.05, 0.1) is 17.3 Å². The lowest BCUT2D eigenvalue weighted by molar-refractivity contribution is 0.589. The molecule has 3 aromatic rings. The van der Waals surface area contributed by atoms with E-state index < -0.39 is 0 Å². The molecule has 0 saturated carbocycles. The summed E-state index contributed by atoms with van der Waals surface area (Å²) in [5.74, 6) is 0. The topological polar surface area (TPSA) is 61.6 Å². The van der Waals surface area contributed by atoms with Gasteiger partial charge in [-0.1, -0.05) is 26.0 Å². The number of aromatic nitrogens is 2. The minimum atomic E-state index is 0.427. The Bertz CT molecular complexity index is 860. The first-order valence-corrected chi connectivity index (χ1v) is 8.68. The highest BCUT2D eigenvalue weighted by molar-refractivity contribution is 7.13. The second-order valence-corrected chi connectivity index (χ2v) is 6.65. The number of pyridine rings is 1. The molecule has 0 bridgehead atoms. The van der Waals surface area contributed by atoms with Gasteiger partial charge >= 0.3 is 0 Å². The Balaban J connectivity index is 1.89. The van der Waals surface area contributed by atoms with E-state index in [1.54, 1.807) is 11.3 Å². The van der Waals surface area contributed by atoms with Crippen LogP contribution in [0.1, 0.15) is 25.0 Å². The van der Waals surface area contributed by atoms with Gasteiger partial charge < -0.3 is 5.32 Å². The molecule has 1 N–H and O–H groups in total. The van der Waals surface area contributed by atoms with Crippen LogP contribution in [-0.2, 0) is 6.54 Å². The fourth-order valence-corrected chi connectivity index (χ4v) is 3.20. The molecular formula is C19H18N4S. The molecule has 1 aromatic carbocycles. The van der Waals surface area contributed by atoms with Crippen LogP contribution in [0.2, 0.25) is 0 Å². The van der Waals surface area contributed by atoms with E-state index >= 15 is 0 Å². The largest absolute Gasteiger partial charge is 0.310 e. The summed E-state index contributed by atoms with van der Waals surface area (Å²) in [6, 6.07) is 12.1. The van der Waals surface area contributed by atoms with Crippen molar-refractivity contribution in [3.8, 4) is 27.9 Å². The molecule has 120 valence electrons. The maximum absolute atomic E-state index is 8.90. The third kappa shape index (κ3) is 3.67. The van der Waals surface area contributed by atoms with Gasteiger partial charge in [0.1, 0.15) is 5.01 Å². The Hall–Kier alpha value is -2.55. The fourth-order valence-electron chi connectivity index (χ4n) is 2.33. The Morgan fingerprint density at radius 2 is 2.00 bits per heavy atom. The number of hydrogen-bond acceptors (Lipinski definition) is 5. The highest BCUT2D eigenvalue weighted by Crippen LogP contribution is 2.30. The van der Waals surface area contributed by atoms with Gasteiger partial charge in [0, 0.05) is 41.5 Å². The van der Waals surface area contributed by atoms with Gasteiger partial charge in [-0.25, -0.2) is 4.98 Å². The van der Waals surface area contributed by atoms with E-state index in [9.17, 15) is 0 Å². The van der Waals surface area contributed by atoms with Crippen molar-refractivity contribution in [2.24, 2.45) is 0 Å². The minimum absolute atomic E-state index is 0.427. The molecule has 24 heavy (non-hydrogen) atoms. The number of nitrogens with zero attached hydrogens (tertiary/aromatic N) is 3. The van der Waals surface area contributed by atoms with Gasteiger partial charge in [-0.3, -0.25) is 4.98 Å². The Morgan fingerprint density at radius 1 is 1.21 bits per heavy atom. The lowest BCUT2D eigenvalue weighted by Gasteiger charge is -2.10. The summed E-state index contributed by atoms with van der Waals surface area (Å²) < 4.78 is 0. The average molecular weight is 334 g/mol. The predicted molar refractivity (Wildman–Crippen MR) is 97.5 cm³/mol. The third-order valence-corrected chi connectivity index (χ3v) is 4.53. The van der Waals surface area contributed by atoms with E-state index in [4.69, 9.17) is 10.2 Å². The van der Waals surface area contributed by atoms with Crippen molar-refractivity contribution in [3.05, 3.63) is 59.2 Å². The van der Waals surface area contributed by atoms with E-state index in [2.05, 4.69) is 30.2 Å². The van der Waals surface area contributed by atoms with Crippen molar-refractivity contribution < 1.29 is 0 Å². The normalized spacial score (nSPS) is 10.8. The lowest BCUT2D eigenvalue weighted by atomic mass is 10.1. The van der Waals surface area contributed by atoms with Gasteiger partial charge in [0.15, 0.2) is 0 Å². The first-order chi connectivity index (χ1) is 11.7. The van der Waals surface area contributed by atoms with Gasteiger partial charge in [0.2, 0.25) is 0 Å². The molecule has 0 aliphatic carbocycles. The van der Waals surface area contributed by atoms with Crippen LogP contribution in [0, 0.1) is 11.3 Å². The lowest BCUT2D eigenvalue weighted by Crippen LogP contribution is -2.22. The number of nitrogens with one attached hydrogen (secondary N) is 1. The summed E-state index contributed by atoms with van der Waals surface area (Å²) in [6.45, 7) is 5.06. The van der Waals surface area contributed by atoms with Crippen LogP contribution in [0.15, 0.2) is 48.1 Å². The molecule has 4 nitrogen and oxygen atoms in total. The van der Waals surface area contributed by atoms with Gasteiger partial charge in [-0.05, 0) is 23.8 Å². The molecule has 2 aromatic heterocycles. The van der Waals surface area contributed by atoms with Crippen LogP contribution in [0.5, 0.6) is 0 Å². The van der Waals surface area contributed by atoms with Crippen LogP contribution in [0.3, 0.4) is 0 Å². The second-order valence-electron chi connectivity index (χ2n) is 5.80. The zero-order chi connectivity index (χ0) is 16.9. The quantitative estimate of drug-likeness (QED) is 0.758. The Labute approximate surface area is 145 Å². The molecule has 0 atom stereocenters. The summed E-state index contributed by atoms with van der Waals surface area (Å²) in [5, 5.41) is 15.3. The molecule has 0 saturated heterocycles. The number of rotatable bonds is 5. The summed E-state index contributed by atoms with van der Waals surface area (Å²) in [6.07, 6.45) is 3.69. The molecule has 0 unspecified atom stereocenters. The van der Waals surface area contributed by atoms with E-state index in [0.29, 0.717) is 11.6 Å². The monoisotopic (exact) mass is 334 g/mol. The zero-order valence-corrected chi connectivity index (χ0v) is 14.5. The third-order valence-electron chi connectivity index (χ3n) is 3.66. The number of benzene rings is 1. The van der Waals surface area contributed by atoms with Crippen LogP contribution in [0.25, 0.3) is 21.8 Å². The highest BCUT2D eigenvalue weighted by atomic mass is 32.1. The first-order valence-electron chi connectivity index (χ1n) is 7.80. The highest BCUT2D eigenvalue weighted by Gasteiger charge is 2.11. The van der Waals surface area contributed by atoms with E-state index in [1.165, 1.54) is 5.56 Å². The number of thiazole rings is 1. The second kappa shape index (κ2) is 7.35. The molecule has 3 rings (SSSR count). The van der Waals surface area contributed by atoms with Gasteiger partial charge in [-0.15, -0.1) is 11.3 Å². The van der Waals surface area contributed by atoms with E-state index in [-0.39, 0.29) is 0 Å². The summed E-state index contributed by atoms with van der Waals surface area (Å²) in [4.78, 5) is 9.02. The van der Waals surface area contributed by atoms with Crippen LogP contribution in [-0.4, -0.2) is 16.0 Å². The van der Waals surface area contributed by atoms with E-state index in [0.717, 1.165) is 28.4 Å². The summed E-state index contributed by atoms with van der Waals surface area (Å²) >= 11 is 1.61. The summed E-state index contributed by atoms with van der Waals surface area (Å²) in [5.41, 5.74) is 4.85. The predicted octanol–water partition coefficient (Wildman–Crippen LogP) is 4.24. The Morgan fingerprint density at radius 3 is 2.71 bits per heavy atom. The first kappa shape index (κ1) is 16.3. The SMILES string of the molecule is CC(C)NCc1ccncc1-c1nc(-c2ccc(C#N)cc2)cs1. The van der Waals surface area contributed by atoms with E-state index in [1.807, 2.05) is 48.1 Å². The van der Waals surface area contributed by atoms with Crippen molar-refractivity contribution in [2.45, 2.75) is 26.4 Å². The van der Waals surface area contributed by atoms with Crippen molar-refractivity contribution in [1.82, 2.24) is 15.3 Å². The number of hydrogen-bond donors (Lipinski definition) is 1. The molecule has 0 amide bonds. The van der Waals surface area contributed by atoms with Crippen molar-refractivity contribution in [2.75, 3.05) is 0 Å². The Kier molecular flexibility index (Phi) is 4.99. The van der Waals surface area contributed by atoms with Gasteiger partial charge in [-0.2, -0.15) is 5.26 Å². The maximum atomic E-state index is 8.90. The standard InChI is InChI=1S/C19H18N4S/c1-13(2)22-10-16-7-8-21-11-17(16)19-23-18(12-24-19)15-5-3-14(9-20)4-6-15/h3-8,11-13,22H,10H2,1-2H3. The fraction of sp³-hybridized carbons (Fsp3) is 0.211. The van der Waals surface area contributed by atoms with Crippen molar-refractivity contribution in [1.29, 1.82) is 5.26 Å². The van der Waals surface area contributed by atoms with Gasteiger partial charge in [0.25, 0.3) is 0 Å². The minimum Gasteiger partial charge on any atom is -0.310 e. The molecule has 0 spiro atoms. The van der Waals surface area contributed by atoms with Crippen molar-refractivity contribution in [3.63, 3.8) is 0 Å². The zero-order valence-electron chi connectivity index (χ0n) is 13.7. The molecule has 0 radical (unpaired) electrons. The van der Waals surface area contributed by atoms with Crippen LogP contribution >= 0.6 is 11.3 Å². The molecule has 2 heterocycles. The molecule has 0 fully saturated rings. The summed E-state index contributed by atoms with van der Waals surface area (Å²) in [7, 11) is 0. The average Bonchev–Trinajstić information content (AvgIpc) is 3.10.